The number of hydrogen-bond acceptors (Lipinski definition) is 3. The summed E-state index contributed by atoms with van der Waals surface area (Å²) in [6, 6.07) is 16.3. The molecule has 4 heteroatoms. The summed E-state index contributed by atoms with van der Waals surface area (Å²) in [5.74, 6) is -0.291. The molecule has 0 spiro atoms. The second kappa shape index (κ2) is 4.74. The first-order valence-electron chi connectivity index (χ1n) is 6.39. The number of carbonyl (C=O) groups excluding carboxylic acids is 1. The lowest BCUT2D eigenvalue weighted by atomic mass is 9.92. The largest absolute Gasteiger partial charge is 0.371 e. The second-order valence-electron chi connectivity index (χ2n) is 4.79. The van der Waals surface area contributed by atoms with Crippen LogP contribution in [0.1, 0.15) is 27.6 Å². The van der Waals surface area contributed by atoms with E-state index in [1.807, 2.05) is 30.3 Å². The van der Waals surface area contributed by atoms with E-state index < -0.39 is 11.8 Å². The second-order valence-corrected chi connectivity index (χ2v) is 4.79. The normalized spacial score (nSPS) is 22.2. The number of ether oxygens (including phenoxy) is 1. The van der Waals surface area contributed by atoms with E-state index in [1.54, 1.807) is 24.3 Å². The average molecular weight is 269 g/mol. The summed E-state index contributed by atoms with van der Waals surface area (Å²) in [5, 5.41) is 13.6. The molecule has 2 atom stereocenters. The average Bonchev–Trinajstić information content (AvgIpc) is 2.74. The van der Waals surface area contributed by atoms with E-state index in [0.717, 1.165) is 5.56 Å². The van der Waals surface area contributed by atoms with Gasteiger partial charge in [0.05, 0.1) is 0 Å². The first kappa shape index (κ1) is 12.8. The van der Waals surface area contributed by atoms with Crippen LogP contribution in [-0.4, -0.2) is 18.1 Å². The molecular formula is C16H15NO3. The highest BCUT2D eigenvalue weighted by Crippen LogP contribution is 2.40. The van der Waals surface area contributed by atoms with Crippen molar-refractivity contribution >= 4 is 5.91 Å². The molecule has 0 aliphatic carbocycles. The van der Waals surface area contributed by atoms with E-state index in [-0.39, 0.29) is 5.91 Å². The Bertz CT molecular complexity index is 641. The van der Waals surface area contributed by atoms with Gasteiger partial charge in [-0.05, 0) is 11.6 Å². The molecule has 1 aliphatic heterocycles. The van der Waals surface area contributed by atoms with Crippen LogP contribution in [0.15, 0.2) is 54.6 Å². The molecule has 2 N–H and O–H groups in total. The number of amides is 1. The molecule has 1 amide bonds. The third-order valence-corrected chi connectivity index (χ3v) is 3.60. The van der Waals surface area contributed by atoms with E-state index >= 15 is 0 Å². The Morgan fingerprint density at radius 2 is 1.75 bits per heavy atom. The number of benzene rings is 2. The molecule has 0 saturated heterocycles. The molecule has 1 heterocycles. The molecule has 0 radical (unpaired) electrons. The predicted octanol–water partition coefficient (Wildman–Crippen LogP) is 1.96. The van der Waals surface area contributed by atoms with Crippen LogP contribution in [0.25, 0.3) is 0 Å². The summed E-state index contributed by atoms with van der Waals surface area (Å²) >= 11 is 0. The van der Waals surface area contributed by atoms with Gasteiger partial charge in [-0.2, -0.15) is 0 Å². The Labute approximate surface area is 117 Å². The Balaban J connectivity index is 2.11. The molecule has 0 bridgehead atoms. The molecule has 0 aromatic heterocycles. The van der Waals surface area contributed by atoms with Gasteiger partial charge < -0.3 is 15.2 Å². The van der Waals surface area contributed by atoms with Gasteiger partial charge in [0.15, 0.2) is 5.72 Å². The van der Waals surface area contributed by atoms with Gasteiger partial charge in [0.1, 0.15) is 6.10 Å². The molecule has 3 rings (SSSR count). The fourth-order valence-electron chi connectivity index (χ4n) is 2.70. The number of hydrogen-bond donors (Lipinski definition) is 2. The molecule has 1 aliphatic rings. The Kier molecular flexibility index (Phi) is 3.04. The maximum absolute atomic E-state index is 12.0. The molecule has 2 aromatic carbocycles. The lowest BCUT2D eigenvalue weighted by Crippen LogP contribution is -2.45. The van der Waals surface area contributed by atoms with Crippen LogP contribution in [0.4, 0.5) is 0 Å². The maximum atomic E-state index is 12.0. The minimum absolute atomic E-state index is 0.291. The van der Waals surface area contributed by atoms with Crippen molar-refractivity contribution in [3.8, 4) is 0 Å². The van der Waals surface area contributed by atoms with Crippen molar-refractivity contribution in [1.29, 1.82) is 0 Å². The van der Waals surface area contributed by atoms with Gasteiger partial charge in [0, 0.05) is 18.2 Å². The zero-order valence-electron chi connectivity index (χ0n) is 11.0. The van der Waals surface area contributed by atoms with E-state index in [4.69, 9.17) is 4.74 Å². The van der Waals surface area contributed by atoms with Gasteiger partial charge in [-0.1, -0.05) is 48.5 Å². The molecule has 0 fully saturated rings. The van der Waals surface area contributed by atoms with Crippen molar-refractivity contribution < 1.29 is 14.6 Å². The van der Waals surface area contributed by atoms with E-state index in [9.17, 15) is 9.90 Å². The summed E-state index contributed by atoms with van der Waals surface area (Å²) in [4.78, 5) is 12.0. The number of rotatable bonds is 3. The van der Waals surface area contributed by atoms with Crippen LogP contribution >= 0.6 is 0 Å². The molecule has 4 nitrogen and oxygen atoms in total. The standard InChI is InChI=1S/C16H15NO3/c1-20-14(11-7-3-2-4-8-11)16(19)13-10-6-5-9-12(13)15(18)17-16/h2-10,14,19H,1H3,(H,17,18). The number of carbonyl (C=O) groups is 1. The van der Waals surface area contributed by atoms with Crippen LogP contribution in [0.2, 0.25) is 0 Å². The highest BCUT2D eigenvalue weighted by molar-refractivity contribution is 5.99. The smallest absolute Gasteiger partial charge is 0.254 e. The summed E-state index contributed by atoms with van der Waals surface area (Å²) < 4.78 is 5.46. The van der Waals surface area contributed by atoms with Gasteiger partial charge in [-0.15, -0.1) is 0 Å². The van der Waals surface area contributed by atoms with Crippen molar-refractivity contribution in [2.24, 2.45) is 0 Å². The summed E-state index contributed by atoms with van der Waals surface area (Å²) in [5.41, 5.74) is 0.271. The molecule has 0 saturated carbocycles. The van der Waals surface area contributed by atoms with Gasteiger partial charge in [0.2, 0.25) is 0 Å². The van der Waals surface area contributed by atoms with E-state index in [2.05, 4.69) is 5.32 Å². The lowest BCUT2D eigenvalue weighted by molar-refractivity contribution is -0.112. The van der Waals surface area contributed by atoms with Crippen LogP contribution in [0.3, 0.4) is 0 Å². The van der Waals surface area contributed by atoms with Crippen LogP contribution in [0.5, 0.6) is 0 Å². The van der Waals surface area contributed by atoms with Crippen LogP contribution < -0.4 is 5.32 Å². The molecule has 102 valence electrons. The Morgan fingerprint density at radius 3 is 2.45 bits per heavy atom. The number of fused-ring (bicyclic) bond motifs is 1. The van der Waals surface area contributed by atoms with Gasteiger partial charge in [0.25, 0.3) is 5.91 Å². The minimum atomic E-state index is -1.55. The SMILES string of the molecule is COC(c1ccccc1)C1(O)NC(=O)c2ccccc21. The molecule has 2 aromatic rings. The highest BCUT2D eigenvalue weighted by atomic mass is 16.5. The zero-order valence-corrected chi connectivity index (χ0v) is 11.0. The zero-order chi connectivity index (χ0) is 14.2. The van der Waals surface area contributed by atoms with E-state index in [1.165, 1.54) is 7.11 Å². The molecular weight excluding hydrogens is 254 g/mol. The number of nitrogens with one attached hydrogen (secondary N) is 1. The van der Waals surface area contributed by atoms with Crippen molar-refractivity contribution in [2.75, 3.05) is 7.11 Å². The first-order valence-corrected chi connectivity index (χ1v) is 6.39. The van der Waals surface area contributed by atoms with Crippen molar-refractivity contribution in [1.82, 2.24) is 5.32 Å². The van der Waals surface area contributed by atoms with Crippen LogP contribution in [-0.2, 0) is 10.5 Å². The van der Waals surface area contributed by atoms with Crippen molar-refractivity contribution in [3.63, 3.8) is 0 Å². The fraction of sp³-hybridized carbons (Fsp3) is 0.188. The minimum Gasteiger partial charge on any atom is -0.371 e. The van der Waals surface area contributed by atoms with Gasteiger partial charge in [-0.25, -0.2) is 0 Å². The Hall–Kier alpha value is -2.17. The quantitative estimate of drug-likeness (QED) is 0.895. The monoisotopic (exact) mass is 269 g/mol. The van der Waals surface area contributed by atoms with Crippen LogP contribution in [0, 0.1) is 0 Å². The summed E-state index contributed by atoms with van der Waals surface area (Å²) in [6.45, 7) is 0. The van der Waals surface area contributed by atoms with Gasteiger partial charge >= 0.3 is 0 Å². The third-order valence-electron chi connectivity index (χ3n) is 3.60. The maximum Gasteiger partial charge on any atom is 0.254 e. The van der Waals surface area contributed by atoms with E-state index in [0.29, 0.717) is 11.1 Å². The third kappa shape index (κ3) is 1.81. The lowest BCUT2D eigenvalue weighted by Gasteiger charge is -2.32. The Morgan fingerprint density at radius 1 is 1.10 bits per heavy atom. The highest BCUT2D eigenvalue weighted by Gasteiger charge is 2.48. The number of aliphatic hydroxyl groups is 1. The van der Waals surface area contributed by atoms with Crippen molar-refractivity contribution in [3.05, 3.63) is 71.3 Å². The predicted molar refractivity (Wildman–Crippen MR) is 74.0 cm³/mol. The molecule has 2 unspecified atom stereocenters. The summed E-state index contributed by atoms with van der Waals surface area (Å²) in [7, 11) is 1.52. The number of methoxy groups -OCH3 is 1. The first-order chi connectivity index (χ1) is 9.66. The van der Waals surface area contributed by atoms with Gasteiger partial charge in [-0.3, -0.25) is 4.79 Å². The topological polar surface area (TPSA) is 58.6 Å². The molecule has 20 heavy (non-hydrogen) atoms. The fourth-order valence-corrected chi connectivity index (χ4v) is 2.70. The summed E-state index contributed by atoms with van der Waals surface area (Å²) in [6.07, 6.45) is -0.670. The van der Waals surface area contributed by atoms with Crippen molar-refractivity contribution in [2.45, 2.75) is 11.8 Å².